The summed E-state index contributed by atoms with van der Waals surface area (Å²) in [6.45, 7) is 4.58. The van der Waals surface area contributed by atoms with Gasteiger partial charge in [-0.25, -0.2) is 13.1 Å². The maximum Gasteiger partial charge on any atom is 0.250 e. The van der Waals surface area contributed by atoms with Crippen LogP contribution < -0.4 is 4.72 Å². The average Bonchev–Trinajstić information content (AvgIpc) is 2.66. The van der Waals surface area contributed by atoms with Gasteiger partial charge in [-0.2, -0.15) is 0 Å². The second kappa shape index (κ2) is 5.63. The molecule has 0 amide bonds. The van der Waals surface area contributed by atoms with Gasteiger partial charge < -0.3 is 0 Å². The molecule has 0 saturated carbocycles. The van der Waals surface area contributed by atoms with Gasteiger partial charge >= 0.3 is 0 Å². The van der Waals surface area contributed by atoms with Crippen LogP contribution in [-0.4, -0.2) is 15.0 Å². The van der Waals surface area contributed by atoms with Crippen LogP contribution >= 0.6 is 11.3 Å². The maximum atomic E-state index is 11.7. The van der Waals surface area contributed by atoms with Crippen LogP contribution in [0.25, 0.3) is 0 Å². The predicted molar refractivity (Wildman–Crippen MR) is 63.8 cm³/mol. The number of aryl methyl sites for hydroxylation is 1. The zero-order valence-electron chi connectivity index (χ0n) is 9.12. The molecule has 0 spiro atoms. The number of hydrogen-bond donors (Lipinski definition) is 1. The lowest BCUT2D eigenvalue weighted by atomic mass is 10.3. The molecular weight excluding hydrogens is 230 g/mol. The maximum absolute atomic E-state index is 11.7. The minimum atomic E-state index is -3.25. The summed E-state index contributed by atoms with van der Waals surface area (Å²) in [5.74, 6) is 0. The molecule has 0 aliphatic carbocycles. The first-order valence-electron chi connectivity index (χ1n) is 5.18. The van der Waals surface area contributed by atoms with Crippen molar-refractivity contribution in [3.8, 4) is 0 Å². The standard InChI is InChI=1S/C10H17NO2S2/c1-3-5-8-11-15(12,13)10-7-6-9(4-2)14-10/h6-7,11H,3-5,8H2,1-2H3. The van der Waals surface area contributed by atoms with Crippen LogP contribution in [0.1, 0.15) is 31.6 Å². The third-order valence-corrected chi connectivity index (χ3v) is 5.26. The van der Waals surface area contributed by atoms with E-state index in [1.165, 1.54) is 11.3 Å². The first kappa shape index (κ1) is 12.7. The predicted octanol–water partition coefficient (Wildman–Crippen LogP) is 2.39. The molecule has 1 N–H and O–H groups in total. The van der Waals surface area contributed by atoms with Crippen LogP contribution in [0.3, 0.4) is 0 Å². The van der Waals surface area contributed by atoms with E-state index in [1.54, 1.807) is 6.07 Å². The molecule has 0 fully saturated rings. The van der Waals surface area contributed by atoms with E-state index >= 15 is 0 Å². The smallest absolute Gasteiger partial charge is 0.210 e. The quantitative estimate of drug-likeness (QED) is 0.785. The lowest BCUT2D eigenvalue weighted by Crippen LogP contribution is -2.23. The van der Waals surface area contributed by atoms with Gasteiger partial charge in [0.2, 0.25) is 10.0 Å². The Hall–Kier alpha value is -0.390. The zero-order valence-corrected chi connectivity index (χ0v) is 10.7. The molecule has 0 bridgehead atoms. The molecule has 0 aliphatic heterocycles. The number of rotatable bonds is 6. The average molecular weight is 247 g/mol. The first-order chi connectivity index (χ1) is 7.10. The van der Waals surface area contributed by atoms with Crippen molar-refractivity contribution in [3.63, 3.8) is 0 Å². The van der Waals surface area contributed by atoms with Crippen LogP contribution in [0, 0.1) is 0 Å². The summed E-state index contributed by atoms with van der Waals surface area (Å²) >= 11 is 1.35. The van der Waals surface area contributed by atoms with E-state index in [9.17, 15) is 8.42 Å². The molecule has 1 heterocycles. The molecule has 1 rings (SSSR count). The van der Waals surface area contributed by atoms with Gasteiger partial charge in [-0.1, -0.05) is 20.3 Å². The SMILES string of the molecule is CCCCNS(=O)(=O)c1ccc(CC)s1. The molecule has 0 saturated heterocycles. The zero-order chi connectivity index (χ0) is 11.3. The monoisotopic (exact) mass is 247 g/mol. The molecule has 0 aromatic carbocycles. The Morgan fingerprint density at radius 2 is 2.07 bits per heavy atom. The van der Waals surface area contributed by atoms with E-state index in [4.69, 9.17) is 0 Å². The van der Waals surface area contributed by atoms with E-state index in [1.807, 2.05) is 19.9 Å². The number of nitrogens with one attached hydrogen (secondary N) is 1. The van der Waals surface area contributed by atoms with Gasteiger partial charge in [0.05, 0.1) is 0 Å². The molecule has 0 unspecified atom stereocenters. The van der Waals surface area contributed by atoms with Crippen LogP contribution in [0.5, 0.6) is 0 Å². The second-order valence-electron chi connectivity index (χ2n) is 3.33. The Bertz CT molecular complexity index is 395. The summed E-state index contributed by atoms with van der Waals surface area (Å²) in [6, 6.07) is 3.55. The fourth-order valence-corrected chi connectivity index (χ4v) is 3.56. The van der Waals surface area contributed by atoms with Crippen molar-refractivity contribution < 1.29 is 8.42 Å². The highest BCUT2D eigenvalue weighted by atomic mass is 32.2. The van der Waals surface area contributed by atoms with Gasteiger partial charge in [0, 0.05) is 11.4 Å². The highest BCUT2D eigenvalue weighted by Crippen LogP contribution is 2.21. The highest BCUT2D eigenvalue weighted by Gasteiger charge is 2.15. The molecule has 5 heteroatoms. The van der Waals surface area contributed by atoms with Crippen LogP contribution in [0.2, 0.25) is 0 Å². The molecule has 1 aromatic heterocycles. The normalized spacial score (nSPS) is 11.9. The van der Waals surface area contributed by atoms with Gasteiger partial charge in [0.25, 0.3) is 0 Å². The van der Waals surface area contributed by atoms with Crippen LogP contribution in [0.4, 0.5) is 0 Å². The van der Waals surface area contributed by atoms with Gasteiger partial charge in [-0.15, -0.1) is 11.3 Å². The molecular formula is C10H17NO2S2. The molecule has 3 nitrogen and oxygen atoms in total. The minimum absolute atomic E-state index is 0.426. The van der Waals surface area contributed by atoms with Crippen molar-refractivity contribution in [2.45, 2.75) is 37.3 Å². The summed E-state index contributed by atoms with van der Waals surface area (Å²) in [5.41, 5.74) is 0. The summed E-state index contributed by atoms with van der Waals surface area (Å²) in [6.07, 6.45) is 2.76. The Morgan fingerprint density at radius 3 is 2.60 bits per heavy atom. The van der Waals surface area contributed by atoms with E-state index < -0.39 is 10.0 Å². The topological polar surface area (TPSA) is 46.2 Å². The number of hydrogen-bond acceptors (Lipinski definition) is 3. The van der Waals surface area contributed by atoms with Crippen molar-refractivity contribution in [2.24, 2.45) is 0 Å². The number of thiophene rings is 1. The lowest BCUT2D eigenvalue weighted by Gasteiger charge is -2.02. The minimum Gasteiger partial charge on any atom is -0.210 e. The van der Waals surface area contributed by atoms with E-state index in [-0.39, 0.29) is 0 Å². The first-order valence-corrected chi connectivity index (χ1v) is 7.48. The number of unbranched alkanes of at least 4 members (excludes halogenated alkanes) is 1. The Balaban J connectivity index is 2.68. The summed E-state index contributed by atoms with van der Waals surface area (Å²) in [5, 5.41) is 0. The molecule has 1 aromatic rings. The molecule has 0 atom stereocenters. The summed E-state index contributed by atoms with van der Waals surface area (Å²) in [4.78, 5) is 1.10. The van der Waals surface area contributed by atoms with Gasteiger partial charge in [0.1, 0.15) is 4.21 Å². The summed E-state index contributed by atoms with van der Waals surface area (Å²) in [7, 11) is -3.25. The van der Waals surface area contributed by atoms with Crippen molar-refractivity contribution >= 4 is 21.4 Å². The molecule has 86 valence electrons. The Morgan fingerprint density at radius 1 is 1.33 bits per heavy atom. The Labute approximate surface area is 95.6 Å². The highest BCUT2D eigenvalue weighted by molar-refractivity contribution is 7.91. The van der Waals surface area contributed by atoms with E-state index in [0.717, 1.165) is 24.1 Å². The van der Waals surface area contributed by atoms with Gasteiger partial charge in [-0.05, 0) is 25.0 Å². The fourth-order valence-electron chi connectivity index (χ4n) is 1.15. The van der Waals surface area contributed by atoms with Crippen molar-refractivity contribution in [1.29, 1.82) is 0 Å². The third-order valence-electron chi connectivity index (χ3n) is 2.07. The van der Waals surface area contributed by atoms with Crippen molar-refractivity contribution in [2.75, 3.05) is 6.54 Å². The molecule has 15 heavy (non-hydrogen) atoms. The third kappa shape index (κ3) is 3.59. The second-order valence-corrected chi connectivity index (χ2v) is 6.49. The van der Waals surface area contributed by atoms with Gasteiger partial charge in [0.15, 0.2) is 0 Å². The van der Waals surface area contributed by atoms with E-state index in [0.29, 0.717) is 10.8 Å². The van der Waals surface area contributed by atoms with Gasteiger partial charge in [-0.3, -0.25) is 0 Å². The fraction of sp³-hybridized carbons (Fsp3) is 0.600. The van der Waals surface area contributed by atoms with Crippen molar-refractivity contribution in [1.82, 2.24) is 4.72 Å². The Kier molecular flexibility index (Phi) is 4.76. The van der Waals surface area contributed by atoms with Crippen molar-refractivity contribution in [3.05, 3.63) is 17.0 Å². The largest absolute Gasteiger partial charge is 0.250 e. The van der Waals surface area contributed by atoms with Crippen LogP contribution in [0.15, 0.2) is 16.3 Å². The molecule has 0 radical (unpaired) electrons. The van der Waals surface area contributed by atoms with Crippen LogP contribution in [-0.2, 0) is 16.4 Å². The van der Waals surface area contributed by atoms with E-state index in [2.05, 4.69) is 4.72 Å². The lowest BCUT2D eigenvalue weighted by molar-refractivity contribution is 0.580. The summed E-state index contributed by atoms with van der Waals surface area (Å²) < 4.78 is 26.5. The molecule has 0 aliphatic rings. The number of sulfonamides is 1.